The molecule has 0 aliphatic heterocycles. The van der Waals surface area contributed by atoms with Crippen molar-refractivity contribution in [1.82, 2.24) is 4.98 Å². The summed E-state index contributed by atoms with van der Waals surface area (Å²) in [6.45, 7) is 0. The molecule has 13 heavy (non-hydrogen) atoms. The summed E-state index contributed by atoms with van der Waals surface area (Å²) in [5.41, 5.74) is 0.227. The number of nitrogens with one attached hydrogen (secondary N) is 1. The van der Waals surface area contributed by atoms with Crippen molar-refractivity contribution < 1.29 is 5.11 Å². The van der Waals surface area contributed by atoms with Crippen LogP contribution in [0.25, 0.3) is 10.9 Å². The number of rotatable bonds is 0. The van der Waals surface area contributed by atoms with Gasteiger partial charge in [0.15, 0.2) is 5.75 Å². The standard InChI is InChI=1S/C9H6BrNO2/c10-6-3-1-2-5-4-7(12)9(13)11-8(5)6/h1-4,12H,(H,11,13). The predicted octanol–water partition coefficient (Wildman–Crippen LogP) is 2.00. The van der Waals surface area contributed by atoms with E-state index in [-0.39, 0.29) is 5.75 Å². The summed E-state index contributed by atoms with van der Waals surface area (Å²) >= 11 is 3.30. The number of aromatic amines is 1. The summed E-state index contributed by atoms with van der Waals surface area (Å²) in [5.74, 6) is -0.259. The number of para-hydroxylation sites is 1. The van der Waals surface area contributed by atoms with Gasteiger partial charge in [0.25, 0.3) is 5.56 Å². The monoisotopic (exact) mass is 239 g/mol. The second-order valence-electron chi connectivity index (χ2n) is 2.69. The van der Waals surface area contributed by atoms with E-state index >= 15 is 0 Å². The number of hydrogen-bond donors (Lipinski definition) is 2. The maximum absolute atomic E-state index is 11.1. The molecule has 2 aromatic rings. The van der Waals surface area contributed by atoms with Crippen molar-refractivity contribution in [2.75, 3.05) is 0 Å². The number of aromatic hydroxyl groups is 1. The summed E-state index contributed by atoms with van der Waals surface area (Å²) in [4.78, 5) is 13.6. The highest BCUT2D eigenvalue weighted by molar-refractivity contribution is 9.10. The lowest BCUT2D eigenvalue weighted by Gasteiger charge is -1.99. The number of pyridine rings is 1. The van der Waals surface area contributed by atoms with Crippen molar-refractivity contribution in [2.24, 2.45) is 0 Å². The van der Waals surface area contributed by atoms with E-state index in [2.05, 4.69) is 20.9 Å². The summed E-state index contributed by atoms with van der Waals surface area (Å²) in [6, 6.07) is 6.92. The fourth-order valence-electron chi connectivity index (χ4n) is 1.18. The quantitative estimate of drug-likeness (QED) is 0.739. The molecule has 4 heteroatoms. The first-order valence-corrected chi connectivity index (χ1v) is 4.48. The van der Waals surface area contributed by atoms with Crippen LogP contribution in [0.2, 0.25) is 0 Å². The van der Waals surface area contributed by atoms with E-state index in [4.69, 9.17) is 5.11 Å². The maximum Gasteiger partial charge on any atom is 0.290 e. The number of hydrogen-bond acceptors (Lipinski definition) is 2. The van der Waals surface area contributed by atoms with Crippen LogP contribution in [-0.2, 0) is 0 Å². The maximum atomic E-state index is 11.1. The first kappa shape index (κ1) is 8.31. The molecule has 1 heterocycles. The molecule has 0 spiro atoms. The van der Waals surface area contributed by atoms with Crippen molar-refractivity contribution in [3.05, 3.63) is 39.1 Å². The largest absolute Gasteiger partial charge is 0.503 e. The van der Waals surface area contributed by atoms with Crippen LogP contribution in [0.15, 0.2) is 33.5 Å². The van der Waals surface area contributed by atoms with Crippen LogP contribution in [0.3, 0.4) is 0 Å². The SMILES string of the molecule is O=c1[nH]c2c(Br)cccc2cc1O. The Morgan fingerprint density at radius 1 is 1.38 bits per heavy atom. The van der Waals surface area contributed by atoms with Gasteiger partial charge in [0.05, 0.1) is 5.52 Å². The molecule has 1 aromatic heterocycles. The fourth-order valence-corrected chi connectivity index (χ4v) is 1.66. The summed E-state index contributed by atoms with van der Waals surface area (Å²) in [5, 5.41) is 9.95. The van der Waals surface area contributed by atoms with Gasteiger partial charge in [-0.05, 0) is 28.1 Å². The van der Waals surface area contributed by atoms with Crippen LogP contribution >= 0.6 is 15.9 Å². The molecular formula is C9H6BrNO2. The number of H-pyrrole nitrogens is 1. The number of fused-ring (bicyclic) bond motifs is 1. The third kappa shape index (κ3) is 1.33. The molecule has 0 aliphatic carbocycles. The Labute approximate surface area is 82.2 Å². The zero-order chi connectivity index (χ0) is 9.42. The lowest BCUT2D eigenvalue weighted by Crippen LogP contribution is -2.04. The highest BCUT2D eigenvalue weighted by Gasteiger charge is 2.02. The fraction of sp³-hybridized carbons (Fsp3) is 0. The molecule has 2 rings (SSSR count). The van der Waals surface area contributed by atoms with Crippen LogP contribution in [0.4, 0.5) is 0 Å². The molecule has 0 atom stereocenters. The van der Waals surface area contributed by atoms with E-state index in [0.717, 1.165) is 9.86 Å². The zero-order valence-corrected chi connectivity index (χ0v) is 8.13. The minimum atomic E-state index is -0.473. The van der Waals surface area contributed by atoms with Crippen LogP contribution in [0.1, 0.15) is 0 Å². The third-order valence-electron chi connectivity index (χ3n) is 1.81. The van der Waals surface area contributed by atoms with Crippen molar-refractivity contribution in [1.29, 1.82) is 0 Å². The van der Waals surface area contributed by atoms with Crippen LogP contribution < -0.4 is 5.56 Å². The number of benzene rings is 1. The second-order valence-corrected chi connectivity index (χ2v) is 3.54. The van der Waals surface area contributed by atoms with Gasteiger partial charge in [0.2, 0.25) is 0 Å². The Morgan fingerprint density at radius 2 is 2.15 bits per heavy atom. The molecule has 66 valence electrons. The van der Waals surface area contributed by atoms with Crippen molar-refractivity contribution >= 4 is 26.8 Å². The van der Waals surface area contributed by atoms with Gasteiger partial charge in [-0.25, -0.2) is 0 Å². The molecule has 3 nitrogen and oxygen atoms in total. The van der Waals surface area contributed by atoms with E-state index in [0.29, 0.717) is 5.52 Å². The van der Waals surface area contributed by atoms with E-state index in [1.54, 1.807) is 0 Å². The van der Waals surface area contributed by atoms with Gasteiger partial charge in [0, 0.05) is 9.86 Å². The van der Waals surface area contributed by atoms with Crippen molar-refractivity contribution in [3.8, 4) is 5.75 Å². The Morgan fingerprint density at radius 3 is 2.92 bits per heavy atom. The Kier molecular flexibility index (Phi) is 1.84. The molecule has 0 aliphatic rings. The first-order chi connectivity index (χ1) is 6.18. The normalized spacial score (nSPS) is 10.5. The topological polar surface area (TPSA) is 53.1 Å². The van der Waals surface area contributed by atoms with Crippen molar-refractivity contribution in [2.45, 2.75) is 0 Å². The minimum absolute atomic E-state index is 0.259. The summed E-state index contributed by atoms with van der Waals surface area (Å²) in [7, 11) is 0. The highest BCUT2D eigenvalue weighted by atomic mass is 79.9. The van der Waals surface area contributed by atoms with Crippen LogP contribution in [-0.4, -0.2) is 10.1 Å². The van der Waals surface area contributed by atoms with Crippen LogP contribution in [0.5, 0.6) is 5.75 Å². The third-order valence-corrected chi connectivity index (χ3v) is 2.47. The first-order valence-electron chi connectivity index (χ1n) is 3.69. The van der Waals surface area contributed by atoms with E-state index in [9.17, 15) is 4.79 Å². The lowest BCUT2D eigenvalue weighted by atomic mass is 10.2. The molecular weight excluding hydrogens is 234 g/mol. The molecule has 0 unspecified atom stereocenters. The summed E-state index contributed by atoms with van der Waals surface area (Å²) < 4.78 is 0.808. The Balaban J connectivity index is 2.97. The molecule has 0 radical (unpaired) electrons. The smallest absolute Gasteiger partial charge is 0.290 e. The van der Waals surface area contributed by atoms with E-state index in [1.165, 1.54) is 6.07 Å². The van der Waals surface area contributed by atoms with Crippen molar-refractivity contribution in [3.63, 3.8) is 0 Å². The average Bonchev–Trinajstić information content (AvgIpc) is 2.09. The van der Waals surface area contributed by atoms with E-state index < -0.39 is 5.56 Å². The predicted molar refractivity (Wildman–Crippen MR) is 53.9 cm³/mol. The number of aromatic nitrogens is 1. The van der Waals surface area contributed by atoms with Gasteiger partial charge in [-0.1, -0.05) is 12.1 Å². The molecule has 0 saturated carbocycles. The van der Waals surface area contributed by atoms with Gasteiger partial charge in [-0.15, -0.1) is 0 Å². The Hall–Kier alpha value is -1.29. The molecule has 0 bridgehead atoms. The molecule has 2 N–H and O–H groups in total. The van der Waals surface area contributed by atoms with Gasteiger partial charge in [-0.2, -0.15) is 0 Å². The molecule has 0 amide bonds. The molecule has 1 aromatic carbocycles. The van der Waals surface area contributed by atoms with Gasteiger partial charge >= 0.3 is 0 Å². The summed E-state index contributed by atoms with van der Waals surface area (Å²) in [6.07, 6.45) is 0. The average molecular weight is 240 g/mol. The van der Waals surface area contributed by atoms with Crippen LogP contribution in [0, 0.1) is 0 Å². The van der Waals surface area contributed by atoms with E-state index in [1.807, 2.05) is 18.2 Å². The number of halogens is 1. The van der Waals surface area contributed by atoms with Gasteiger partial charge in [-0.3, -0.25) is 4.79 Å². The van der Waals surface area contributed by atoms with Gasteiger partial charge < -0.3 is 10.1 Å². The molecule has 0 saturated heterocycles. The Bertz CT molecular complexity index is 518. The molecule has 0 fully saturated rings. The highest BCUT2D eigenvalue weighted by Crippen LogP contribution is 2.21. The minimum Gasteiger partial charge on any atom is -0.503 e. The van der Waals surface area contributed by atoms with Gasteiger partial charge in [0.1, 0.15) is 0 Å². The zero-order valence-electron chi connectivity index (χ0n) is 6.54. The second kappa shape index (κ2) is 2.88. The lowest BCUT2D eigenvalue weighted by molar-refractivity contribution is 0.468.